The van der Waals surface area contributed by atoms with Crippen LogP contribution in [-0.4, -0.2) is 32.8 Å². The second kappa shape index (κ2) is 19.1. The summed E-state index contributed by atoms with van der Waals surface area (Å²) in [6, 6.07) is 18.2. The Morgan fingerprint density at radius 1 is 1.15 bits per heavy atom. The second-order valence-electron chi connectivity index (χ2n) is 8.79. The van der Waals surface area contributed by atoms with E-state index in [9.17, 15) is 9.59 Å². The summed E-state index contributed by atoms with van der Waals surface area (Å²) >= 11 is 1.80. The summed E-state index contributed by atoms with van der Waals surface area (Å²) in [4.78, 5) is 22.8. The Morgan fingerprint density at radius 2 is 1.85 bits per heavy atom. The molecule has 3 aromatic rings. The van der Waals surface area contributed by atoms with Crippen LogP contribution in [0.4, 0.5) is 0 Å². The van der Waals surface area contributed by atoms with Crippen LogP contribution in [0, 0.1) is 12.3 Å². The summed E-state index contributed by atoms with van der Waals surface area (Å²) in [5, 5.41) is 12.3. The number of aldehydes is 1. The summed E-state index contributed by atoms with van der Waals surface area (Å²) in [7, 11) is 6.72. The molecule has 0 spiro atoms. The molecule has 3 N–H and O–H groups in total. The Labute approximate surface area is 241 Å². The molecule has 1 unspecified atom stereocenters. The van der Waals surface area contributed by atoms with Crippen molar-refractivity contribution < 1.29 is 9.59 Å². The zero-order chi connectivity index (χ0) is 29.1. The van der Waals surface area contributed by atoms with Crippen molar-refractivity contribution in [1.29, 1.82) is 0 Å². The lowest BCUT2D eigenvalue weighted by atomic mass is 10.0. The third-order valence-electron chi connectivity index (χ3n) is 5.72. The molecular weight excluding hydrogens is 521 g/mol. The molecule has 0 bridgehead atoms. The van der Waals surface area contributed by atoms with Gasteiger partial charge in [0.05, 0.1) is 6.54 Å². The average molecular weight is 564 g/mol. The molecule has 1 fully saturated rings. The molecule has 2 aromatic carbocycles. The minimum atomic E-state index is -0.245. The van der Waals surface area contributed by atoms with Gasteiger partial charge in [0.25, 0.3) is 0 Å². The molecule has 39 heavy (non-hydrogen) atoms. The fourth-order valence-corrected chi connectivity index (χ4v) is 4.68. The first kappa shape index (κ1) is 34.0. The molecule has 1 heterocycles. The molecule has 208 valence electrons. The zero-order valence-electron chi connectivity index (χ0n) is 23.6. The largest absolute Gasteiger partial charge is 0.348 e. The maximum atomic E-state index is 10.9. The molecule has 0 radical (unpaired) electrons. The van der Waals surface area contributed by atoms with Crippen molar-refractivity contribution >= 4 is 38.1 Å². The molecule has 7 heteroatoms. The molecule has 1 aliphatic rings. The number of nitrogens with one attached hydrogen (secondary N) is 3. The van der Waals surface area contributed by atoms with Crippen molar-refractivity contribution in [2.75, 3.05) is 20.6 Å². The van der Waals surface area contributed by atoms with Crippen molar-refractivity contribution in [1.82, 2.24) is 16.0 Å². The number of benzene rings is 2. The maximum Gasteiger partial charge on any atom is 0.243 e. The van der Waals surface area contributed by atoms with Gasteiger partial charge < -0.3 is 16.0 Å². The summed E-state index contributed by atoms with van der Waals surface area (Å²) in [6.45, 7) is 8.60. The van der Waals surface area contributed by atoms with E-state index in [1.165, 1.54) is 46.6 Å². The van der Waals surface area contributed by atoms with E-state index >= 15 is 0 Å². The topological polar surface area (TPSA) is 70.2 Å². The van der Waals surface area contributed by atoms with Crippen LogP contribution in [0.1, 0.15) is 54.6 Å². The number of carbonyl (C=O) groups excluding carboxylic acids is 2. The Bertz CT molecular complexity index is 1200. The monoisotopic (exact) mass is 563 g/mol. The molecular formula is C32H42N3O2PS. The molecule has 1 saturated carbocycles. The number of carbonyl (C=O) groups is 2. The normalized spacial score (nSPS) is 12.0. The van der Waals surface area contributed by atoms with Gasteiger partial charge in [0.1, 0.15) is 6.29 Å². The van der Waals surface area contributed by atoms with Crippen LogP contribution in [0.2, 0.25) is 0 Å². The smallest absolute Gasteiger partial charge is 0.243 e. The zero-order valence-corrected chi connectivity index (χ0v) is 25.5. The van der Waals surface area contributed by atoms with Crippen molar-refractivity contribution in [2.45, 2.75) is 45.2 Å². The van der Waals surface area contributed by atoms with E-state index in [-0.39, 0.29) is 11.4 Å². The van der Waals surface area contributed by atoms with Crippen LogP contribution >= 0.6 is 20.6 Å². The Kier molecular flexibility index (Phi) is 16.6. The van der Waals surface area contributed by atoms with Gasteiger partial charge in [0, 0.05) is 22.5 Å². The highest BCUT2D eigenvalue weighted by Crippen LogP contribution is 2.45. The molecule has 5 nitrogen and oxygen atoms in total. The molecule has 0 aliphatic heterocycles. The van der Waals surface area contributed by atoms with Crippen molar-refractivity contribution in [3.63, 3.8) is 0 Å². The van der Waals surface area contributed by atoms with E-state index in [1.807, 2.05) is 13.1 Å². The molecule has 1 aromatic heterocycles. The van der Waals surface area contributed by atoms with Gasteiger partial charge in [-0.3, -0.25) is 9.59 Å². The first-order valence-corrected chi connectivity index (χ1v) is 14.5. The highest BCUT2D eigenvalue weighted by molar-refractivity contribution is 7.28. The molecule has 1 aliphatic carbocycles. The number of hydrogen-bond donors (Lipinski definition) is 3. The summed E-state index contributed by atoms with van der Waals surface area (Å²) in [6.07, 6.45) is 10.6. The van der Waals surface area contributed by atoms with Gasteiger partial charge in [-0.2, -0.15) is 0 Å². The van der Waals surface area contributed by atoms with Gasteiger partial charge >= 0.3 is 0 Å². The van der Waals surface area contributed by atoms with Gasteiger partial charge in [-0.05, 0) is 72.5 Å². The third kappa shape index (κ3) is 11.7. The Morgan fingerprint density at radius 3 is 2.33 bits per heavy atom. The van der Waals surface area contributed by atoms with E-state index < -0.39 is 0 Å². The lowest BCUT2D eigenvalue weighted by molar-refractivity contribution is -0.116. The highest BCUT2D eigenvalue weighted by Gasteiger charge is 2.42. The van der Waals surface area contributed by atoms with Crippen molar-refractivity contribution in [3.8, 4) is 22.8 Å². The van der Waals surface area contributed by atoms with Gasteiger partial charge in [-0.25, -0.2) is 0 Å². The first-order valence-electron chi connectivity index (χ1n) is 13.0. The summed E-state index contributed by atoms with van der Waals surface area (Å²) in [5.74, 6) is 2.16. The van der Waals surface area contributed by atoms with Crippen LogP contribution in [0.5, 0.6) is 0 Å². The molecule has 4 rings (SSSR count). The number of rotatable bonds is 8. The number of terminal acetylenes is 1. The van der Waals surface area contributed by atoms with Gasteiger partial charge in [-0.1, -0.05) is 75.2 Å². The van der Waals surface area contributed by atoms with E-state index in [2.05, 4.69) is 94.3 Å². The lowest BCUT2D eigenvalue weighted by Crippen LogP contribution is -2.24. The minimum absolute atomic E-state index is 0.245. The maximum absolute atomic E-state index is 10.9. The van der Waals surface area contributed by atoms with E-state index in [4.69, 9.17) is 6.42 Å². The van der Waals surface area contributed by atoms with E-state index in [0.29, 0.717) is 18.7 Å². The fraction of sp³-hybridized carbons (Fsp3) is 0.312. The fourth-order valence-electron chi connectivity index (χ4n) is 3.47. The number of hydrogen-bond acceptors (Lipinski definition) is 5. The third-order valence-corrected chi connectivity index (χ3v) is 7.13. The summed E-state index contributed by atoms with van der Waals surface area (Å²) in [5.41, 5.74) is 4.43. The standard InChI is InChI=1S/C14H16NPS.C11H11NO2.C4H7N.C3H8/c1-15-14(6-7-14)10-4-5-12(16)11(9-10)13-3-2-8-17-13;1-2-11(14)12-7-9-5-3-4-6-10(9)8-13;1-3-4-5-2;1-3-2/h2-5,8-9,15H,6-7,16H2,1H3;2-6,8H,1,7H2,(H,12,14);1,5H,4H2,2H3;3H2,1-2H3. The van der Waals surface area contributed by atoms with Crippen LogP contribution < -0.4 is 21.3 Å². The van der Waals surface area contributed by atoms with Gasteiger partial charge in [-0.15, -0.1) is 27.0 Å². The van der Waals surface area contributed by atoms with E-state index in [1.54, 1.807) is 29.5 Å². The minimum Gasteiger partial charge on any atom is -0.348 e. The summed E-state index contributed by atoms with van der Waals surface area (Å²) < 4.78 is 0. The van der Waals surface area contributed by atoms with Crippen LogP contribution in [0.3, 0.4) is 0 Å². The Balaban J connectivity index is 0.000000311. The van der Waals surface area contributed by atoms with Crippen molar-refractivity contribution in [2.24, 2.45) is 0 Å². The van der Waals surface area contributed by atoms with Gasteiger partial charge in [0.15, 0.2) is 0 Å². The first-order chi connectivity index (χ1) is 18.9. The number of amides is 1. The van der Waals surface area contributed by atoms with Gasteiger partial charge in [0.2, 0.25) is 5.91 Å². The predicted octanol–water partition coefficient (Wildman–Crippen LogP) is 5.68. The van der Waals surface area contributed by atoms with Crippen LogP contribution in [0.25, 0.3) is 10.4 Å². The quantitative estimate of drug-likeness (QED) is 0.143. The average Bonchev–Trinajstić information content (AvgIpc) is 3.57. The van der Waals surface area contributed by atoms with Crippen LogP contribution in [0.15, 0.2) is 72.6 Å². The van der Waals surface area contributed by atoms with E-state index in [0.717, 1.165) is 11.8 Å². The Hall–Kier alpha value is -3.07. The highest BCUT2D eigenvalue weighted by atomic mass is 32.1. The molecule has 0 saturated heterocycles. The van der Waals surface area contributed by atoms with Crippen molar-refractivity contribution in [3.05, 3.63) is 89.3 Å². The molecule has 1 amide bonds. The second-order valence-corrected chi connectivity index (χ2v) is 10.4. The van der Waals surface area contributed by atoms with Crippen LogP contribution in [-0.2, 0) is 16.9 Å². The molecule has 1 atom stereocenters. The number of thiophene rings is 1. The SMILES string of the molecule is C#CCNC.C=CC(=O)NCc1ccccc1C=O.CCC.CNC1(c2ccc(P)c(-c3cccs3)c2)CC1. The lowest BCUT2D eigenvalue weighted by Gasteiger charge is -2.16. The predicted molar refractivity (Wildman–Crippen MR) is 172 cm³/mol.